The van der Waals surface area contributed by atoms with Crippen molar-refractivity contribution in [1.29, 1.82) is 0 Å². The van der Waals surface area contributed by atoms with Crippen LogP contribution in [-0.4, -0.2) is 10.2 Å². The van der Waals surface area contributed by atoms with Crippen LogP contribution in [-0.2, 0) is 30.6 Å². The Hall–Kier alpha value is -2.48. The van der Waals surface area contributed by atoms with E-state index in [-0.39, 0.29) is 17.0 Å². The first-order chi connectivity index (χ1) is 15.7. The Kier molecular flexibility index (Phi) is 5.67. The molecule has 0 unspecified atom stereocenters. The lowest BCUT2D eigenvalue weighted by Gasteiger charge is -2.29. The van der Waals surface area contributed by atoms with Crippen molar-refractivity contribution >= 4 is 33.3 Å². The number of hydrogen-bond donors (Lipinski definition) is 0. The van der Waals surface area contributed by atoms with Gasteiger partial charge in [-0.3, -0.25) is 0 Å². The van der Waals surface area contributed by atoms with E-state index in [1.807, 2.05) is 44.3 Å². The SMILES string of the molecule is Cc1ccc(-n2c(SCc3ccccc3F)[n+](C)c3sc4c(c3c2=O)CC(C)(C)OC4)cc1. The van der Waals surface area contributed by atoms with E-state index >= 15 is 0 Å². The average molecular weight is 482 g/mol. The van der Waals surface area contributed by atoms with E-state index < -0.39 is 0 Å². The fraction of sp³-hybridized carbons (Fsp3) is 0.308. The quantitative estimate of drug-likeness (QED) is 0.220. The second-order valence-electron chi connectivity index (χ2n) is 9.11. The summed E-state index contributed by atoms with van der Waals surface area (Å²) < 4.78 is 24.2. The van der Waals surface area contributed by atoms with E-state index in [1.165, 1.54) is 17.8 Å². The first-order valence-corrected chi connectivity index (χ1v) is 12.7. The van der Waals surface area contributed by atoms with Gasteiger partial charge < -0.3 is 4.74 Å². The molecule has 170 valence electrons. The van der Waals surface area contributed by atoms with Gasteiger partial charge in [0.15, 0.2) is 4.83 Å². The number of fused-ring (bicyclic) bond motifs is 3. The maximum atomic E-state index is 14.3. The number of thioether (sulfide) groups is 1. The molecule has 0 spiro atoms. The summed E-state index contributed by atoms with van der Waals surface area (Å²) >= 11 is 3.10. The summed E-state index contributed by atoms with van der Waals surface area (Å²) in [6, 6.07) is 14.8. The summed E-state index contributed by atoms with van der Waals surface area (Å²) in [4.78, 5) is 16.1. The van der Waals surface area contributed by atoms with Gasteiger partial charge in [0, 0.05) is 17.1 Å². The molecule has 7 heteroatoms. The first kappa shape index (κ1) is 22.3. The fourth-order valence-electron chi connectivity index (χ4n) is 4.27. The number of hydrogen-bond acceptors (Lipinski definition) is 4. The molecule has 0 N–H and O–H groups in total. The Labute approximate surface area is 200 Å². The number of benzene rings is 2. The van der Waals surface area contributed by atoms with Gasteiger partial charge in [-0.05, 0) is 61.9 Å². The molecule has 0 fully saturated rings. The van der Waals surface area contributed by atoms with Crippen LogP contribution in [0.15, 0.2) is 58.5 Å². The molecule has 0 bridgehead atoms. The summed E-state index contributed by atoms with van der Waals surface area (Å²) in [6.07, 6.45) is 0.702. The summed E-state index contributed by atoms with van der Waals surface area (Å²) in [6.45, 7) is 6.68. The summed E-state index contributed by atoms with van der Waals surface area (Å²) in [5, 5.41) is 1.54. The molecule has 2 aromatic heterocycles. The van der Waals surface area contributed by atoms with Crippen LogP contribution in [0.4, 0.5) is 4.39 Å². The predicted octanol–water partition coefficient (Wildman–Crippen LogP) is 5.47. The van der Waals surface area contributed by atoms with Gasteiger partial charge in [0.1, 0.15) is 16.9 Å². The van der Waals surface area contributed by atoms with Gasteiger partial charge >= 0.3 is 10.7 Å². The minimum absolute atomic E-state index is 0.0295. The maximum absolute atomic E-state index is 14.3. The highest BCUT2D eigenvalue weighted by Gasteiger charge is 2.35. The molecule has 1 aliphatic heterocycles. The van der Waals surface area contributed by atoms with Crippen molar-refractivity contribution in [2.24, 2.45) is 7.05 Å². The minimum Gasteiger partial charge on any atom is -0.370 e. The second-order valence-corrected chi connectivity index (χ2v) is 11.1. The summed E-state index contributed by atoms with van der Waals surface area (Å²) in [5.74, 6) is 0.197. The molecular formula is C26H26FN2O2S2+. The molecule has 0 amide bonds. The number of halogens is 1. The zero-order chi connectivity index (χ0) is 23.3. The Morgan fingerprint density at radius 2 is 1.91 bits per heavy atom. The van der Waals surface area contributed by atoms with Gasteiger partial charge in [0.25, 0.3) is 0 Å². The van der Waals surface area contributed by atoms with E-state index in [4.69, 9.17) is 4.74 Å². The van der Waals surface area contributed by atoms with E-state index in [2.05, 4.69) is 18.4 Å². The lowest BCUT2D eigenvalue weighted by Crippen LogP contribution is -2.40. The van der Waals surface area contributed by atoms with E-state index in [0.717, 1.165) is 37.1 Å². The number of rotatable bonds is 4. The van der Waals surface area contributed by atoms with E-state index in [0.29, 0.717) is 24.3 Å². The standard InChI is InChI=1S/C26H26FN2O2S2/c1-16-9-11-18(12-10-16)29-23(30)22-19-13-26(2,3)31-14-21(19)33-24(22)28(4)25(29)32-15-17-7-5-6-8-20(17)27/h5-12H,13-15H2,1-4H3/q+1. The fourth-order valence-corrected chi connectivity index (χ4v) is 6.64. The first-order valence-electron chi connectivity index (χ1n) is 10.9. The van der Waals surface area contributed by atoms with Crippen LogP contribution in [0.3, 0.4) is 0 Å². The number of aromatic nitrogens is 2. The Balaban J connectivity index is 1.73. The molecule has 33 heavy (non-hydrogen) atoms. The van der Waals surface area contributed by atoms with Crippen molar-refractivity contribution < 1.29 is 13.7 Å². The number of ether oxygens (including phenoxy) is 1. The van der Waals surface area contributed by atoms with Crippen LogP contribution in [0, 0.1) is 12.7 Å². The van der Waals surface area contributed by atoms with Gasteiger partial charge in [-0.2, -0.15) is 4.57 Å². The summed E-state index contributed by atoms with van der Waals surface area (Å²) in [5.41, 5.74) is 3.32. The normalized spacial score (nSPS) is 15.1. The van der Waals surface area contributed by atoms with Crippen LogP contribution in [0.5, 0.6) is 0 Å². The van der Waals surface area contributed by atoms with Crippen molar-refractivity contribution in [3.8, 4) is 5.69 Å². The maximum Gasteiger partial charge on any atom is 0.352 e. The van der Waals surface area contributed by atoms with Crippen LogP contribution in [0.1, 0.15) is 35.4 Å². The van der Waals surface area contributed by atoms with Gasteiger partial charge in [0.2, 0.25) is 0 Å². The molecule has 0 radical (unpaired) electrons. The molecule has 4 aromatic rings. The highest BCUT2D eigenvalue weighted by molar-refractivity contribution is 7.98. The van der Waals surface area contributed by atoms with Crippen molar-refractivity contribution in [2.45, 2.75) is 50.3 Å². The van der Waals surface area contributed by atoms with Gasteiger partial charge in [0.05, 0.1) is 19.3 Å². The third-order valence-electron chi connectivity index (χ3n) is 6.08. The lowest BCUT2D eigenvalue weighted by atomic mass is 9.94. The van der Waals surface area contributed by atoms with Crippen LogP contribution < -0.4 is 10.1 Å². The molecule has 0 saturated heterocycles. The monoisotopic (exact) mass is 481 g/mol. The third kappa shape index (κ3) is 4.03. The van der Waals surface area contributed by atoms with Crippen molar-refractivity contribution in [3.63, 3.8) is 0 Å². The van der Waals surface area contributed by atoms with Crippen LogP contribution in [0.25, 0.3) is 15.9 Å². The zero-order valence-corrected chi connectivity index (χ0v) is 20.8. The lowest BCUT2D eigenvalue weighted by molar-refractivity contribution is -0.687. The average Bonchev–Trinajstić information content (AvgIpc) is 3.15. The van der Waals surface area contributed by atoms with Crippen LogP contribution >= 0.6 is 23.1 Å². The third-order valence-corrected chi connectivity index (χ3v) is 8.53. The van der Waals surface area contributed by atoms with Crippen molar-refractivity contribution in [1.82, 2.24) is 4.57 Å². The highest BCUT2D eigenvalue weighted by Crippen LogP contribution is 2.37. The van der Waals surface area contributed by atoms with Gasteiger partial charge in [-0.15, -0.1) is 0 Å². The zero-order valence-electron chi connectivity index (χ0n) is 19.1. The molecule has 0 saturated carbocycles. The summed E-state index contributed by atoms with van der Waals surface area (Å²) in [7, 11) is 1.99. The van der Waals surface area contributed by atoms with Crippen molar-refractivity contribution in [3.05, 3.63) is 86.3 Å². The minimum atomic E-state index is -0.307. The Bertz CT molecular complexity index is 1420. The Morgan fingerprint density at radius 3 is 2.64 bits per heavy atom. The number of aryl methyl sites for hydroxylation is 2. The molecule has 0 aliphatic carbocycles. The predicted molar refractivity (Wildman–Crippen MR) is 132 cm³/mol. The molecule has 3 heterocycles. The highest BCUT2D eigenvalue weighted by atomic mass is 32.2. The molecule has 5 rings (SSSR count). The van der Waals surface area contributed by atoms with E-state index in [9.17, 15) is 9.18 Å². The van der Waals surface area contributed by atoms with Gasteiger partial charge in [-0.1, -0.05) is 47.2 Å². The molecule has 4 nitrogen and oxygen atoms in total. The molecule has 0 atom stereocenters. The number of nitrogens with zero attached hydrogens (tertiary/aromatic N) is 2. The van der Waals surface area contributed by atoms with Crippen molar-refractivity contribution in [2.75, 3.05) is 0 Å². The molecular weight excluding hydrogens is 455 g/mol. The molecule has 2 aromatic carbocycles. The van der Waals surface area contributed by atoms with E-state index in [1.54, 1.807) is 28.0 Å². The second kappa shape index (κ2) is 8.38. The number of thiophene rings is 1. The largest absolute Gasteiger partial charge is 0.370 e. The smallest absolute Gasteiger partial charge is 0.352 e. The van der Waals surface area contributed by atoms with Gasteiger partial charge in [-0.25, -0.2) is 13.8 Å². The topological polar surface area (TPSA) is 35.1 Å². The Morgan fingerprint density at radius 1 is 1.18 bits per heavy atom. The molecule has 1 aliphatic rings. The van der Waals surface area contributed by atoms with Crippen LogP contribution in [0.2, 0.25) is 0 Å².